The van der Waals surface area contributed by atoms with Gasteiger partial charge in [0.05, 0.1) is 5.69 Å². The van der Waals surface area contributed by atoms with Gasteiger partial charge < -0.3 is 10.2 Å². The molecule has 2 atom stereocenters. The van der Waals surface area contributed by atoms with Gasteiger partial charge in [-0.25, -0.2) is 4.98 Å². The van der Waals surface area contributed by atoms with Crippen molar-refractivity contribution >= 4 is 22.4 Å². The molecular weight excluding hydrogens is 358 g/mol. The summed E-state index contributed by atoms with van der Waals surface area (Å²) in [6, 6.07) is 0.651. The minimum Gasteiger partial charge on any atom is -0.360 e. The molecule has 2 aliphatic heterocycles. The fraction of sp³-hybridized carbons (Fsp3) is 0.800. The number of thiazole rings is 1. The van der Waals surface area contributed by atoms with Crippen LogP contribution in [-0.4, -0.2) is 77.4 Å². The maximum atomic E-state index is 12.3. The van der Waals surface area contributed by atoms with Crippen molar-refractivity contribution in [2.24, 2.45) is 5.92 Å². The SMILES string of the molecule is CCC(C)C(=O)N1CCN(Cc2csc(NC[C@@H]3CCCN3CC)n2)CC1. The summed E-state index contributed by atoms with van der Waals surface area (Å²) in [5, 5.41) is 6.76. The molecule has 0 bridgehead atoms. The van der Waals surface area contributed by atoms with Gasteiger partial charge in [-0.1, -0.05) is 20.8 Å². The molecule has 3 rings (SSSR count). The highest BCUT2D eigenvalue weighted by Gasteiger charge is 2.25. The maximum Gasteiger partial charge on any atom is 0.225 e. The van der Waals surface area contributed by atoms with E-state index in [2.05, 4.69) is 34.3 Å². The molecule has 152 valence electrons. The van der Waals surface area contributed by atoms with E-state index in [1.165, 1.54) is 19.4 Å². The number of likely N-dealkylation sites (tertiary alicyclic amines) is 1. The zero-order valence-corrected chi connectivity index (χ0v) is 17.9. The number of piperazine rings is 1. The Hall–Kier alpha value is -1.18. The van der Waals surface area contributed by atoms with Crippen molar-refractivity contribution in [3.05, 3.63) is 11.1 Å². The van der Waals surface area contributed by atoms with Crippen LogP contribution in [0.5, 0.6) is 0 Å². The van der Waals surface area contributed by atoms with Gasteiger partial charge in [0.15, 0.2) is 5.13 Å². The highest BCUT2D eigenvalue weighted by Crippen LogP contribution is 2.21. The van der Waals surface area contributed by atoms with Crippen LogP contribution in [0.2, 0.25) is 0 Å². The van der Waals surface area contributed by atoms with Crippen LogP contribution < -0.4 is 5.32 Å². The zero-order chi connectivity index (χ0) is 19.2. The first kappa shape index (κ1) is 20.6. The number of nitrogens with one attached hydrogen (secondary N) is 1. The number of anilines is 1. The van der Waals surface area contributed by atoms with Crippen LogP contribution in [0, 0.1) is 5.92 Å². The normalized spacial score (nSPS) is 22.9. The Labute approximate surface area is 167 Å². The van der Waals surface area contributed by atoms with Crippen LogP contribution in [0.25, 0.3) is 0 Å². The molecule has 1 N–H and O–H groups in total. The lowest BCUT2D eigenvalue weighted by atomic mass is 10.1. The van der Waals surface area contributed by atoms with Crippen LogP contribution in [0.4, 0.5) is 5.13 Å². The van der Waals surface area contributed by atoms with Gasteiger partial charge in [0.2, 0.25) is 5.91 Å². The van der Waals surface area contributed by atoms with Gasteiger partial charge in [-0.05, 0) is 32.4 Å². The quantitative estimate of drug-likeness (QED) is 0.736. The summed E-state index contributed by atoms with van der Waals surface area (Å²) in [7, 11) is 0. The first-order valence-electron chi connectivity index (χ1n) is 10.5. The molecule has 0 radical (unpaired) electrons. The van der Waals surface area contributed by atoms with Crippen LogP contribution in [0.3, 0.4) is 0 Å². The van der Waals surface area contributed by atoms with Crippen molar-refractivity contribution in [2.75, 3.05) is 51.1 Å². The average molecular weight is 394 g/mol. The van der Waals surface area contributed by atoms with E-state index in [-0.39, 0.29) is 5.92 Å². The standard InChI is InChI=1S/C20H35N5OS/c1-4-16(3)19(26)25-11-9-23(10-12-25)14-17-15-27-20(22-17)21-13-18-7-6-8-24(18)5-2/h15-16,18H,4-14H2,1-3H3,(H,21,22)/t16?,18-/m0/s1. The van der Waals surface area contributed by atoms with Gasteiger partial charge in [-0.3, -0.25) is 14.6 Å². The van der Waals surface area contributed by atoms with Gasteiger partial charge in [-0.2, -0.15) is 0 Å². The molecular formula is C20H35N5OS. The van der Waals surface area contributed by atoms with E-state index in [9.17, 15) is 4.79 Å². The van der Waals surface area contributed by atoms with Gasteiger partial charge in [0.1, 0.15) is 0 Å². The van der Waals surface area contributed by atoms with E-state index in [1.807, 2.05) is 11.8 Å². The molecule has 2 aliphatic rings. The summed E-state index contributed by atoms with van der Waals surface area (Å²) in [5.74, 6) is 0.456. The van der Waals surface area contributed by atoms with E-state index in [0.29, 0.717) is 11.9 Å². The van der Waals surface area contributed by atoms with E-state index < -0.39 is 0 Å². The minimum atomic E-state index is 0.146. The average Bonchev–Trinajstić information content (AvgIpc) is 3.34. The third kappa shape index (κ3) is 5.42. The van der Waals surface area contributed by atoms with E-state index in [1.54, 1.807) is 11.3 Å². The number of carbonyl (C=O) groups is 1. The maximum absolute atomic E-state index is 12.3. The zero-order valence-electron chi connectivity index (χ0n) is 17.1. The summed E-state index contributed by atoms with van der Waals surface area (Å²) in [5.41, 5.74) is 1.14. The monoisotopic (exact) mass is 393 g/mol. The van der Waals surface area contributed by atoms with Gasteiger partial charge >= 0.3 is 0 Å². The van der Waals surface area contributed by atoms with E-state index >= 15 is 0 Å². The number of rotatable bonds is 8. The Balaban J connectivity index is 1.41. The van der Waals surface area contributed by atoms with Gasteiger partial charge in [0.25, 0.3) is 0 Å². The number of likely N-dealkylation sites (N-methyl/N-ethyl adjacent to an activating group) is 1. The number of amides is 1. The molecule has 7 heteroatoms. The van der Waals surface area contributed by atoms with Crippen molar-refractivity contribution in [1.82, 2.24) is 19.7 Å². The predicted octanol–water partition coefficient (Wildman–Crippen LogP) is 2.73. The minimum absolute atomic E-state index is 0.146. The molecule has 0 aliphatic carbocycles. The Kier molecular flexibility index (Phi) is 7.49. The second kappa shape index (κ2) is 9.85. The molecule has 1 unspecified atom stereocenters. The van der Waals surface area contributed by atoms with Crippen LogP contribution in [0.15, 0.2) is 5.38 Å². The number of hydrogen-bond acceptors (Lipinski definition) is 6. The fourth-order valence-electron chi connectivity index (χ4n) is 4.05. The summed E-state index contributed by atoms with van der Waals surface area (Å²) in [6.45, 7) is 14.2. The molecule has 2 fully saturated rings. The molecule has 3 heterocycles. The molecule has 1 amide bonds. The van der Waals surface area contributed by atoms with Crippen LogP contribution in [0.1, 0.15) is 45.7 Å². The Morgan fingerprint density at radius 3 is 2.78 bits per heavy atom. The molecule has 0 spiro atoms. The number of hydrogen-bond donors (Lipinski definition) is 1. The van der Waals surface area contributed by atoms with Crippen molar-refractivity contribution in [3.63, 3.8) is 0 Å². The molecule has 2 saturated heterocycles. The lowest BCUT2D eigenvalue weighted by Gasteiger charge is -2.35. The van der Waals surface area contributed by atoms with Crippen LogP contribution >= 0.6 is 11.3 Å². The predicted molar refractivity (Wildman–Crippen MR) is 112 cm³/mol. The van der Waals surface area contributed by atoms with Crippen molar-refractivity contribution in [1.29, 1.82) is 0 Å². The fourth-order valence-corrected chi connectivity index (χ4v) is 4.76. The molecule has 0 aromatic carbocycles. The van der Waals surface area contributed by atoms with Gasteiger partial charge in [-0.15, -0.1) is 11.3 Å². The third-order valence-electron chi connectivity index (χ3n) is 6.05. The lowest BCUT2D eigenvalue weighted by molar-refractivity contribution is -0.136. The topological polar surface area (TPSA) is 51.7 Å². The Morgan fingerprint density at radius 1 is 1.30 bits per heavy atom. The Bertz CT molecular complexity index is 599. The molecule has 0 saturated carbocycles. The summed E-state index contributed by atoms with van der Waals surface area (Å²) in [6.07, 6.45) is 3.53. The van der Waals surface area contributed by atoms with E-state index in [0.717, 1.165) is 63.1 Å². The summed E-state index contributed by atoms with van der Waals surface area (Å²) in [4.78, 5) is 24.1. The van der Waals surface area contributed by atoms with Crippen molar-refractivity contribution in [2.45, 2.75) is 52.6 Å². The highest BCUT2D eigenvalue weighted by atomic mass is 32.1. The molecule has 27 heavy (non-hydrogen) atoms. The number of nitrogens with zero attached hydrogens (tertiary/aromatic N) is 4. The first-order valence-corrected chi connectivity index (χ1v) is 11.4. The first-order chi connectivity index (χ1) is 13.1. The second-order valence-electron chi connectivity index (χ2n) is 7.86. The van der Waals surface area contributed by atoms with Crippen molar-refractivity contribution < 1.29 is 4.79 Å². The second-order valence-corrected chi connectivity index (χ2v) is 8.72. The molecule has 1 aromatic rings. The molecule has 6 nitrogen and oxygen atoms in total. The van der Waals surface area contributed by atoms with Crippen LogP contribution in [-0.2, 0) is 11.3 Å². The lowest BCUT2D eigenvalue weighted by Crippen LogP contribution is -2.49. The number of aromatic nitrogens is 1. The highest BCUT2D eigenvalue weighted by molar-refractivity contribution is 7.13. The van der Waals surface area contributed by atoms with E-state index in [4.69, 9.17) is 4.98 Å². The molecule has 1 aromatic heterocycles. The summed E-state index contributed by atoms with van der Waals surface area (Å²) < 4.78 is 0. The number of carbonyl (C=O) groups excluding carboxylic acids is 1. The summed E-state index contributed by atoms with van der Waals surface area (Å²) >= 11 is 1.71. The third-order valence-corrected chi connectivity index (χ3v) is 6.90. The smallest absolute Gasteiger partial charge is 0.225 e. The van der Waals surface area contributed by atoms with Gasteiger partial charge in [0, 0.05) is 56.6 Å². The van der Waals surface area contributed by atoms with Crippen molar-refractivity contribution in [3.8, 4) is 0 Å². The largest absolute Gasteiger partial charge is 0.360 e. The Morgan fingerprint density at radius 2 is 2.07 bits per heavy atom.